The fourth-order valence-corrected chi connectivity index (χ4v) is 4.34. The number of unbranched alkanes of at least 4 members (excludes halogenated alkanes) is 2. The van der Waals surface area contributed by atoms with Crippen LogP contribution in [0.3, 0.4) is 0 Å². The second-order valence-corrected chi connectivity index (χ2v) is 8.70. The standard InChI is InChI=1S/C24H30BrN3O2/c1-3-4-7-14-27(24(30)26-21-11-8-10-20(25)16-21)17-23(29)28-15-13-19-9-5-6-12-22(19)18(28)2/h5-6,8-12,16,18H,3-4,7,13-15,17H2,1-2H3,(H,26,30). The summed E-state index contributed by atoms with van der Waals surface area (Å²) in [5.41, 5.74) is 3.22. The first-order chi connectivity index (χ1) is 14.5. The molecule has 1 aliphatic rings. The first kappa shape index (κ1) is 22.3. The largest absolute Gasteiger partial charge is 0.334 e. The number of amides is 3. The smallest absolute Gasteiger partial charge is 0.322 e. The van der Waals surface area contributed by atoms with Crippen molar-refractivity contribution in [3.05, 3.63) is 64.1 Å². The highest BCUT2D eigenvalue weighted by atomic mass is 79.9. The van der Waals surface area contributed by atoms with Crippen LogP contribution in [0.2, 0.25) is 0 Å². The summed E-state index contributed by atoms with van der Waals surface area (Å²) in [5.74, 6) is -0.00195. The summed E-state index contributed by atoms with van der Waals surface area (Å²) in [4.78, 5) is 29.7. The summed E-state index contributed by atoms with van der Waals surface area (Å²) in [6.07, 6.45) is 3.83. The molecule has 0 saturated heterocycles. The number of nitrogens with one attached hydrogen (secondary N) is 1. The minimum absolute atomic E-state index is 0.00195. The van der Waals surface area contributed by atoms with Crippen molar-refractivity contribution in [3.63, 3.8) is 0 Å². The molecule has 1 aliphatic heterocycles. The van der Waals surface area contributed by atoms with Crippen molar-refractivity contribution in [2.24, 2.45) is 0 Å². The van der Waals surface area contributed by atoms with Crippen molar-refractivity contribution in [1.29, 1.82) is 0 Å². The number of fused-ring (bicyclic) bond motifs is 1. The minimum Gasteiger partial charge on any atom is -0.334 e. The average molecular weight is 472 g/mol. The van der Waals surface area contributed by atoms with Crippen LogP contribution in [0.5, 0.6) is 0 Å². The van der Waals surface area contributed by atoms with Gasteiger partial charge in [-0.15, -0.1) is 0 Å². The molecule has 1 N–H and O–H groups in total. The molecule has 2 aromatic carbocycles. The highest BCUT2D eigenvalue weighted by Gasteiger charge is 2.29. The summed E-state index contributed by atoms with van der Waals surface area (Å²) in [7, 11) is 0. The van der Waals surface area contributed by atoms with Gasteiger partial charge in [0.15, 0.2) is 0 Å². The molecule has 3 rings (SSSR count). The molecule has 2 aromatic rings. The number of hydrogen-bond donors (Lipinski definition) is 1. The quantitative estimate of drug-likeness (QED) is 0.532. The number of benzene rings is 2. The van der Waals surface area contributed by atoms with Gasteiger partial charge in [-0.3, -0.25) is 4.79 Å². The molecular weight excluding hydrogens is 442 g/mol. The first-order valence-electron chi connectivity index (χ1n) is 10.7. The Morgan fingerprint density at radius 3 is 2.73 bits per heavy atom. The number of hydrogen-bond acceptors (Lipinski definition) is 2. The zero-order valence-corrected chi connectivity index (χ0v) is 19.3. The van der Waals surface area contributed by atoms with Gasteiger partial charge in [0.1, 0.15) is 6.54 Å². The van der Waals surface area contributed by atoms with Gasteiger partial charge in [0.05, 0.1) is 6.04 Å². The molecule has 3 amide bonds. The Morgan fingerprint density at radius 1 is 1.17 bits per heavy atom. The molecular formula is C24H30BrN3O2. The van der Waals surface area contributed by atoms with Crippen molar-refractivity contribution < 1.29 is 9.59 Å². The molecule has 0 saturated carbocycles. The number of urea groups is 1. The Hall–Kier alpha value is -2.34. The molecule has 0 bridgehead atoms. The number of halogens is 1. The summed E-state index contributed by atoms with van der Waals surface area (Å²) in [6, 6.07) is 15.6. The normalized spacial score (nSPS) is 15.4. The third-order valence-corrected chi connectivity index (χ3v) is 6.13. The molecule has 1 atom stereocenters. The van der Waals surface area contributed by atoms with Gasteiger partial charge in [-0.1, -0.05) is 66.0 Å². The highest BCUT2D eigenvalue weighted by molar-refractivity contribution is 9.10. The van der Waals surface area contributed by atoms with Crippen LogP contribution in [0.1, 0.15) is 50.3 Å². The zero-order chi connectivity index (χ0) is 21.5. The number of carbonyl (C=O) groups is 2. The lowest BCUT2D eigenvalue weighted by Crippen LogP contribution is -2.47. The van der Waals surface area contributed by atoms with E-state index in [4.69, 9.17) is 0 Å². The molecule has 30 heavy (non-hydrogen) atoms. The lowest BCUT2D eigenvalue weighted by Gasteiger charge is -2.36. The van der Waals surface area contributed by atoms with Gasteiger partial charge in [-0.25, -0.2) is 4.79 Å². The molecule has 0 aliphatic carbocycles. The molecule has 0 spiro atoms. The van der Waals surface area contributed by atoms with Gasteiger partial charge in [0, 0.05) is 23.2 Å². The van der Waals surface area contributed by atoms with E-state index >= 15 is 0 Å². The van der Waals surface area contributed by atoms with Crippen molar-refractivity contribution in [3.8, 4) is 0 Å². The summed E-state index contributed by atoms with van der Waals surface area (Å²) in [5, 5.41) is 2.93. The summed E-state index contributed by atoms with van der Waals surface area (Å²) in [6.45, 7) is 5.55. The molecule has 1 unspecified atom stereocenters. The molecule has 160 valence electrons. The SMILES string of the molecule is CCCCCN(CC(=O)N1CCc2ccccc2C1C)C(=O)Nc1cccc(Br)c1. The van der Waals surface area contributed by atoms with Crippen molar-refractivity contribution >= 4 is 33.6 Å². The van der Waals surface area contributed by atoms with Gasteiger partial charge < -0.3 is 15.1 Å². The van der Waals surface area contributed by atoms with E-state index in [1.54, 1.807) is 4.90 Å². The van der Waals surface area contributed by atoms with Crippen LogP contribution >= 0.6 is 15.9 Å². The van der Waals surface area contributed by atoms with Crippen LogP contribution in [0.4, 0.5) is 10.5 Å². The Kier molecular flexibility index (Phi) is 7.91. The van der Waals surface area contributed by atoms with Crippen LogP contribution in [0.15, 0.2) is 53.0 Å². The molecule has 6 heteroatoms. The minimum atomic E-state index is -0.234. The molecule has 0 radical (unpaired) electrons. The van der Waals surface area contributed by atoms with Crippen molar-refractivity contribution in [1.82, 2.24) is 9.80 Å². The lowest BCUT2D eigenvalue weighted by atomic mass is 9.93. The third-order valence-electron chi connectivity index (χ3n) is 5.64. The number of anilines is 1. The van der Waals surface area contributed by atoms with E-state index in [1.807, 2.05) is 41.3 Å². The maximum Gasteiger partial charge on any atom is 0.322 e. The van der Waals surface area contributed by atoms with Gasteiger partial charge >= 0.3 is 6.03 Å². The molecule has 0 fully saturated rings. The van der Waals surface area contributed by atoms with Gasteiger partial charge in [-0.2, -0.15) is 0 Å². The predicted octanol–water partition coefficient (Wildman–Crippen LogP) is 5.62. The van der Waals surface area contributed by atoms with Crippen molar-refractivity contribution in [2.75, 3.05) is 25.0 Å². The van der Waals surface area contributed by atoms with Crippen LogP contribution in [0, 0.1) is 0 Å². The Labute approximate surface area is 187 Å². The van der Waals surface area contributed by atoms with Crippen LogP contribution in [-0.2, 0) is 11.2 Å². The Morgan fingerprint density at radius 2 is 1.97 bits per heavy atom. The van der Waals surface area contributed by atoms with Gasteiger partial charge in [0.2, 0.25) is 5.91 Å². The third kappa shape index (κ3) is 5.63. The lowest BCUT2D eigenvalue weighted by molar-refractivity contribution is -0.134. The van der Waals surface area contributed by atoms with E-state index in [1.165, 1.54) is 11.1 Å². The van der Waals surface area contributed by atoms with Gasteiger partial charge in [-0.05, 0) is 49.1 Å². The van der Waals surface area contributed by atoms with E-state index in [9.17, 15) is 9.59 Å². The van der Waals surface area contributed by atoms with E-state index in [2.05, 4.69) is 47.2 Å². The van der Waals surface area contributed by atoms with Crippen LogP contribution < -0.4 is 5.32 Å². The fraction of sp³-hybridized carbons (Fsp3) is 0.417. The van der Waals surface area contributed by atoms with Crippen LogP contribution in [0.25, 0.3) is 0 Å². The predicted molar refractivity (Wildman–Crippen MR) is 125 cm³/mol. The second kappa shape index (κ2) is 10.6. The fourth-order valence-electron chi connectivity index (χ4n) is 3.94. The van der Waals surface area contributed by atoms with Gasteiger partial charge in [0.25, 0.3) is 0 Å². The number of carbonyl (C=O) groups excluding carboxylic acids is 2. The second-order valence-electron chi connectivity index (χ2n) is 7.78. The highest BCUT2D eigenvalue weighted by Crippen LogP contribution is 2.29. The van der Waals surface area contributed by atoms with E-state index in [0.29, 0.717) is 18.8 Å². The van der Waals surface area contributed by atoms with E-state index in [0.717, 1.165) is 30.2 Å². The molecule has 0 aromatic heterocycles. The maximum atomic E-state index is 13.2. The first-order valence-corrected chi connectivity index (χ1v) is 11.5. The summed E-state index contributed by atoms with van der Waals surface area (Å²) >= 11 is 3.43. The number of nitrogens with zero attached hydrogens (tertiary/aromatic N) is 2. The number of rotatable bonds is 7. The van der Waals surface area contributed by atoms with Crippen LogP contribution in [-0.4, -0.2) is 41.4 Å². The van der Waals surface area contributed by atoms with Crippen molar-refractivity contribution in [2.45, 2.75) is 45.6 Å². The topological polar surface area (TPSA) is 52.7 Å². The molecule has 5 nitrogen and oxygen atoms in total. The average Bonchev–Trinajstić information content (AvgIpc) is 2.73. The Bertz CT molecular complexity index is 886. The summed E-state index contributed by atoms with van der Waals surface area (Å²) < 4.78 is 0.898. The monoisotopic (exact) mass is 471 g/mol. The van der Waals surface area contributed by atoms with E-state index in [-0.39, 0.29) is 24.5 Å². The van der Waals surface area contributed by atoms with E-state index < -0.39 is 0 Å². The molecule has 1 heterocycles. The zero-order valence-electron chi connectivity index (χ0n) is 17.7. The Balaban J connectivity index is 1.69. The maximum absolute atomic E-state index is 13.2.